The molecule has 0 N–H and O–H groups in total. The van der Waals surface area contributed by atoms with E-state index in [9.17, 15) is 13.6 Å². The second kappa shape index (κ2) is 6.95. The second-order valence-electron chi connectivity index (χ2n) is 5.82. The molecule has 6 heteroatoms. The third-order valence-electron chi connectivity index (χ3n) is 4.06. The molecule has 24 heavy (non-hydrogen) atoms. The minimum absolute atomic E-state index is 0.0613. The summed E-state index contributed by atoms with van der Waals surface area (Å²) < 4.78 is 33.3. The van der Waals surface area contributed by atoms with Gasteiger partial charge in [-0.15, -0.1) is 0 Å². The first-order valence-corrected chi connectivity index (χ1v) is 7.88. The second-order valence-corrected chi connectivity index (χ2v) is 5.82. The molecule has 1 amide bonds. The highest BCUT2D eigenvalue weighted by atomic mass is 19.1. The first-order valence-electron chi connectivity index (χ1n) is 7.88. The molecule has 0 spiro atoms. The van der Waals surface area contributed by atoms with Crippen molar-refractivity contribution in [2.24, 2.45) is 0 Å². The lowest BCUT2D eigenvalue weighted by Gasteiger charge is -2.32. The van der Waals surface area contributed by atoms with Gasteiger partial charge >= 0.3 is 0 Å². The standard InChI is InChI=1S/C18H18F2N2O2/c1-12-4-2-7-16(21-12)24-13-8-10-22(11-9-13)18(23)17-14(19)5-3-6-15(17)20/h2-7,13H,8-11H2,1H3. The van der Waals surface area contributed by atoms with Crippen molar-refractivity contribution in [3.05, 3.63) is 59.3 Å². The van der Waals surface area contributed by atoms with Crippen molar-refractivity contribution in [1.29, 1.82) is 0 Å². The molecule has 126 valence electrons. The number of pyridine rings is 1. The number of aryl methyl sites for hydroxylation is 1. The van der Waals surface area contributed by atoms with Crippen molar-refractivity contribution in [3.63, 3.8) is 0 Å². The summed E-state index contributed by atoms with van der Waals surface area (Å²) in [6.45, 7) is 2.67. The van der Waals surface area contributed by atoms with E-state index in [1.165, 1.54) is 11.0 Å². The van der Waals surface area contributed by atoms with E-state index in [-0.39, 0.29) is 6.10 Å². The van der Waals surface area contributed by atoms with Gasteiger partial charge in [-0.2, -0.15) is 0 Å². The summed E-state index contributed by atoms with van der Waals surface area (Å²) in [5, 5.41) is 0. The number of carbonyl (C=O) groups excluding carboxylic acids is 1. The molecule has 1 aliphatic rings. The monoisotopic (exact) mass is 332 g/mol. The Morgan fingerprint density at radius 1 is 1.12 bits per heavy atom. The summed E-state index contributed by atoms with van der Waals surface area (Å²) in [6.07, 6.45) is 1.13. The maximum Gasteiger partial charge on any atom is 0.259 e. The lowest BCUT2D eigenvalue weighted by Crippen LogP contribution is -2.42. The van der Waals surface area contributed by atoms with Gasteiger partial charge in [-0.25, -0.2) is 13.8 Å². The van der Waals surface area contributed by atoms with Crippen molar-refractivity contribution >= 4 is 5.91 Å². The van der Waals surface area contributed by atoms with Crippen molar-refractivity contribution in [2.75, 3.05) is 13.1 Å². The lowest BCUT2D eigenvalue weighted by molar-refractivity contribution is 0.0579. The molecule has 0 atom stereocenters. The number of carbonyl (C=O) groups is 1. The summed E-state index contributed by atoms with van der Waals surface area (Å²) in [7, 11) is 0. The smallest absolute Gasteiger partial charge is 0.259 e. The Labute approximate surface area is 139 Å². The van der Waals surface area contributed by atoms with Crippen LogP contribution in [0.25, 0.3) is 0 Å². The fourth-order valence-electron chi connectivity index (χ4n) is 2.79. The maximum absolute atomic E-state index is 13.7. The normalized spacial score (nSPS) is 15.4. The Kier molecular flexibility index (Phi) is 4.74. The van der Waals surface area contributed by atoms with E-state index in [4.69, 9.17) is 4.74 Å². The highest BCUT2D eigenvalue weighted by Gasteiger charge is 2.28. The third-order valence-corrected chi connectivity index (χ3v) is 4.06. The quantitative estimate of drug-likeness (QED) is 0.866. The van der Waals surface area contributed by atoms with Gasteiger partial charge in [-0.3, -0.25) is 4.79 Å². The molecule has 0 unspecified atom stereocenters. The third kappa shape index (κ3) is 3.53. The van der Waals surface area contributed by atoms with Crippen LogP contribution in [0.4, 0.5) is 8.78 Å². The average Bonchev–Trinajstić information content (AvgIpc) is 2.55. The molecule has 2 heterocycles. The number of rotatable bonds is 3. The molecular weight excluding hydrogens is 314 g/mol. The molecule has 0 aliphatic carbocycles. The van der Waals surface area contributed by atoms with Crippen LogP contribution in [-0.2, 0) is 0 Å². The minimum Gasteiger partial charge on any atom is -0.474 e. The fourth-order valence-corrected chi connectivity index (χ4v) is 2.79. The lowest BCUT2D eigenvalue weighted by atomic mass is 10.1. The zero-order valence-electron chi connectivity index (χ0n) is 13.3. The molecule has 0 bridgehead atoms. The van der Waals surface area contributed by atoms with Gasteiger partial charge in [-0.1, -0.05) is 12.1 Å². The first kappa shape index (κ1) is 16.4. The molecule has 0 radical (unpaired) electrons. The molecule has 2 aromatic rings. The van der Waals surface area contributed by atoms with Crippen LogP contribution in [-0.4, -0.2) is 35.0 Å². The summed E-state index contributed by atoms with van der Waals surface area (Å²) in [6, 6.07) is 8.98. The van der Waals surface area contributed by atoms with E-state index >= 15 is 0 Å². The van der Waals surface area contributed by atoms with Gasteiger partial charge in [0, 0.05) is 37.7 Å². The van der Waals surface area contributed by atoms with Gasteiger partial charge in [0.25, 0.3) is 5.91 Å². The van der Waals surface area contributed by atoms with Crippen LogP contribution in [0.15, 0.2) is 36.4 Å². The van der Waals surface area contributed by atoms with Crippen LogP contribution < -0.4 is 4.74 Å². The molecule has 1 aromatic carbocycles. The maximum atomic E-state index is 13.7. The molecule has 1 aliphatic heterocycles. The summed E-state index contributed by atoms with van der Waals surface area (Å²) in [4.78, 5) is 18.1. The predicted molar refractivity (Wildman–Crippen MR) is 84.9 cm³/mol. The number of amides is 1. The van der Waals surface area contributed by atoms with Gasteiger partial charge in [0.05, 0.1) is 0 Å². The number of ether oxygens (including phenoxy) is 1. The number of benzene rings is 1. The predicted octanol–water partition coefficient (Wildman–Crippen LogP) is 3.35. The summed E-state index contributed by atoms with van der Waals surface area (Å²) in [5.74, 6) is -1.72. The van der Waals surface area contributed by atoms with E-state index in [1.54, 1.807) is 6.07 Å². The molecule has 3 rings (SSSR count). The van der Waals surface area contributed by atoms with Crippen molar-refractivity contribution in [3.8, 4) is 5.88 Å². The zero-order chi connectivity index (χ0) is 17.1. The number of aromatic nitrogens is 1. The van der Waals surface area contributed by atoms with Crippen LogP contribution in [0.1, 0.15) is 28.9 Å². The number of hydrogen-bond donors (Lipinski definition) is 0. The van der Waals surface area contributed by atoms with Crippen LogP contribution in [0.3, 0.4) is 0 Å². The Morgan fingerprint density at radius 3 is 2.38 bits per heavy atom. The van der Waals surface area contributed by atoms with Gasteiger partial charge < -0.3 is 9.64 Å². The Bertz CT molecular complexity index is 723. The Hall–Kier alpha value is -2.50. The van der Waals surface area contributed by atoms with Crippen molar-refractivity contribution in [2.45, 2.75) is 25.9 Å². The number of piperidine rings is 1. The SMILES string of the molecule is Cc1cccc(OC2CCN(C(=O)c3c(F)cccc3F)CC2)n1. The number of nitrogens with zero attached hydrogens (tertiary/aromatic N) is 2. The van der Waals surface area contributed by atoms with E-state index in [2.05, 4.69) is 4.98 Å². The van der Waals surface area contributed by atoms with E-state index in [0.717, 1.165) is 17.8 Å². The molecule has 1 saturated heterocycles. The Morgan fingerprint density at radius 2 is 1.75 bits per heavy atom. The van der Waals surface area contributed by atoms with Crippen LogP contribution >= 0.6 is 0 Å². The van der Waals surface area contributed by atoms with Crippen molar-refractivity contribution < 1.29 is 18.3 Å². The molecule has 0 saturated carbocycles. The number of hydrogen-bond acceptors (Lipinski definition) is 3. The zero-order valence-corrected chi connectivity index (χ0v) is 13.3. The molecule has 4 nitrogen and oxygen atoms in total. The first-order chi connectivity index (χ1) is 11.5. The minimum atomic E-state index is -0.831. The van der Waals surface area contributed by atoms with Gasteiger partial charge in [0.15, 0.2) is 0 Å². The number of halogens is 2. The van der Waals surface area contributed by atoms with E-state index < -0.39 is 23.1 Å². The van der Waals surface area contributed by atoms with Gasteiger partial charge in [0.1, 0.15) is 23.3 Å². The highest BCUT2D eigenvalue weighted by molar-refractivity contribution is 5.94. The largest absolute Gasteiger partial charge is 0.474 e. The Balaban J connectivity index is 1.62. The van der Waals surface area contributed by atoms with E-state index in [0.29, 0.717) is 31.8 Å². The van der Waals surface area contributed by atoms with Crippen molar-refractivity contribution in [1.82, 2.24) is 9.88 Å². The molecular formula is C18H18F2N2O2. The van der Waals surface area contributed by atoms with E-state index in [1.807, 2.05) is 19.1 Å². The highest BCUT2D eigenvalue weighted by Crippen LogP contribution is 2.21. The van der Waals surface area contributed by atoms with Gasteiger partial charge in [0.2, 0.25) is 5.88 Å². The number of likely N-dealkylation sites (tertiary alicyclic amines) is 1. The van der Waals surface area contributed by atoms with Crippen LogP contribution in [0, 0.1) is 18.6 Å². The summed E-state index contributed by atoms with van der Waals surface area (Å²) in [5.41, 5.74) is 0.382. The molecule has 1 fully saturated rings. The fraction of sp³-hybridized carbons (Fsp3) is 0.333. The van der Waals surface area contributed by atoms with Crippen LogP contribution in [0.5, 0.6) is 5.88 Å². The van der Waals surface area contributed by atoms with Gasteiger partial charge in [-0.05, 0) is 25.1 Å². The summed E-state index contributed by atoms with van der Waals surface area (Å²) >= 11 is 0. The topological polar surface area (TPSA) is 42.4 Å². The molecule has 1 aromatic heterocycles. The average molecular weight is 332 g/mol. The van der Waals surface area contributed by atoms with Crippen LogP contribution in [0.2, 0.25) is 0 Å².